The smallest absolute Gasteiger partial charge is 0.242 e. The zero-order valence-corrected chi connectivity index (χ0v) is 18.8. The number of aromatic nitrogens is 2. The van der Waals surface area contributed by atoms with E-state index in [1.807, 2.05) is 47.1 Å². The van der Waals surface area contributed by atoms with E-state index in [1.165, 1.54) is 5.56 Å². The molecule has 1 fully saturated rings. The second kappa shape index (κ2) is 11.1. The number of fused-ring (bicyclic) bond motifs is 1. The number of hydrogen-bond donors (Lipinski definition) is 3. The highest BCUT2D eigenvalue weighted by atomic mass is 35.5. The molecular formula is C22H27Cl2N5O2. The van der Waals surface area contributed by atoms with Gasteiger partial charge < -0.3 is 20.4 Å². The van der Waals surface area contributed by atoms with E-state index in [1.54, 1.807) is 13.1 Å². The Morgan fingerprint density at radius 1 is 1.19 bits per heavy atom. The molecule has 1 aliphatic heterocycles. The number of hydrogen-bond acceptors (Lipinski definition) is 4. The van der Waals surface area contributed by atoms with Gasteiger partial charge in [-0.05, 0) is 36.5 Å². The van der Waals surface area contributed by atoms with Crippen LogP contribution in [0.15, 0.2) is 61.1 Å². The molecule has 3 heterocycles. The maximum Gasteiger partial charge on any atom is 0.242 e. The summed E-state index contributed by atoms with van der Waals surface area (Å²) in [6.45, 7) is 2.86. The summed E-state index contributed by atoms with van der Waals surface area (Å²) in [6, 6.07) is 13.1. The Morgan fingerprint density at radius 3 is 2.74 bits per heavy atom. The average Bonchev–Trinajstić information content (AvgIpc) is 3.41. The van der Waals surface area contributed by atoms with Gasteiger partial charge in [-0.2, -0.15) is 0 Å². The van der Waals surface area contributed by atoms with Crippen LogP contribution in [0.1, 0.15) is 30.4 Å². The minimum Gasteiger partial charge on any atom is -0.350 e. The second-order valence-corrected chi connectivity index (χ2v) is 7.48. The number of rotatable bonds is 6. The van der Waals surface area contributed by atoms with Crippen LogP contribution in [0.5, 0.6) is 0 Å². The fraction of sp³-hybridized carbons (Fsp3) is 0.318. The van der Waals surface area contributed by atoms with Gasteiger partial charge >= 0.3 is 0 Å². The Hall–Kier alpha value is -2.61. The molecule has 31 heavy (non-hydrogen) atoms. The van der Waals surface area contributed by atoms with Crippen molar-refractivity contribution in [2.75, 3.05) is 6.54 Å². The minimum atomic E-state index is -0.600. The number of imidazole rings is 1. The quantitative estimate of drug-likeness (QED) is 0.523. The number of nitrogens with one attached hydrogen (secondary N) is 3. The number of pyridine rings is 1. The monoisotopic (exact) mass is 463 g/mol. The van der Waals surface area contributed by atoms with Crippen molar-refractivity contribution in [1.29, 1.82) is 0 Å². The van der Waals surface area contributed by atoms with E-state index >= 15 is 0 Å². The molecule has 3 unspecified atom stereocenters. The highest BCUT2D eigenvalue weighted by Crippen LogP contribution is 2.25. The van der Waals surface area contributed by atoms with Crippen molar-refractivity contribution in [3.8, 4) is 0 Å². The molecule has 1 saturated heterocycles. The number of amides is 2. The predicted octanol–water partition coefficient (Wildman–Crippen LogP) is 2.44. The van der Waals surface area contributed by atoms with Gasteiger partial charge in [0.05, 0.1) is 6.04 Å². The maximum atomic E-state index is 12.6. The van der Waals surface area contributed by atoms with Crippen molar-refractivity contribution in [2.24, 2.45) is 0 Å². The van der Waals surface area contributed by atoms with Crippen LogP contribution in [0.25, 0.3) is 5.65 Å². The van der Waals surface area contributed by atoms with Crippen molar-refractivity contribution in [3.05, 3.63) is 72.2 Å². The van der Waals surface area contributed by atoms with Gasteiger partial charge in [-0.25, -0.2) is 4.98 Å². The lowest BCUT2D eigenvalue weighted by atomic mass is 9.96. The molecular weight excluding hydrogens is 437 g/mol. The van der Waals surface area contributed by atoms with Crippen molar-refractivity contribution < 1.29 is 9.59 Å². The largest absolute Gasteiger partial charge is 0.350 e. The van der Waals surface area contributed by atoms with Crippen LogP contribution >= 0.6 is 24.8 Å². The van der Waals surface area contributed by atoms with E-state index in [-0.39, 0.29) is 42.7 Å². The first-order valence-corrected chi connectivity index (χ1v) is 9.88. The summed E-state index contributed by atoms with van der Waals surface area (Å²) in [7, 11) is 0. The molecule has 3 atom stereocenters. The van der Waals surface area contributed by atoms with Crippen LogP contribution in [0, 0.1) is 0 Å². The SMILES string of the molecule is CC(NC(=O)C1CC(c2ccccc2)CN1)C(=O)NCc1ccc2nccn2c1.Cl.Cl. The molecule has 9 heteroatoms. The van der Waals surface area contributed by atoms with Crippen LogP contribution < -0.4 is 16.0 Å². The van der Waals surface area contributed by atoms with E-state index in [9.17, 15) is 9.59 Å². The third kappa shape index (κ3) is 5.97. The van der Waals surface area contributed by atoms with E-state index in [4.69, 9.17) is 0 Å². The van der Waals surface area contributed by atoms with Gasteiger partial charge in [0, 0.05) is 31.7 Å². The predicted molar refractivity (Wildman–Crippen MR) is 125 cm³/mol. The minimum absolute atomic E-state index is 0. The van der Waals surface area contributed by atoms with Crippen LogP contribution in [0.4, 0.5) is 0 Å². The van der Waals surface area contributed by atoms with Crippen molar-refractivity contribution in [1.82, 2.24) is 25.3 Å². The molecule has 0 aliphatic carbocycles. The molecule has 1 aromatic carbocycles. The lowest BCUT2D eigenvalue weighted by Gasteiger charge is -2.17. The maximum absolute atomic E-state index is 12.6. The summed E-state index contributed by atoms with van der Waals surface area (Å²) in [4.78, 5) is 29.2. The van der Waals surface area contributed by atoms with Crippen molar-refractivity contribution in [2.45, 2.75) is 37.9 Å². The van der Waals surface area contributed by atoms with Crippen LogP contribution in [-0.2, 0) is 16.1 Å². The van der Waals surface area contributed by atoms with Gasteiger partial charge in [0.2, 0.25) is 11.8 Å². The third-order valence-electron chi connectivity index (χ3n) is 5.39. The van der Waals surface area contributed by atoms with Crippen LogP contribution in [0.2, 0.25) is 0 Å². The fourth-order valence-electron chi connectivity index (χ4n) is 3.71. The number of carbonyl (C=O) groups is 2. The average molecular weight is 464 g/mol. The first-order chi connectivity index (χ1) is 14.1. The Balaban J connectivity index is 0.00000171. The zero-order valence-electron chi connectivity index (χ0n) is 17.2. The molecule has 3 N–H and O–H groups in total. The molecule has 0 spiro atoms. The first-order valence-electron chi connectivity index (χ1n) is 9.88. The number of benzene rings is 1. The molecule has 4 rings (SSSR count). The lowest BCUT2D eigenvalue weighted by molar-refractivity contribution is -0.129. The molecule has 2 aromatic heterocycles. The summed E-state index contributed by atoms with van der Waals surface area (Å²) < 4.78 is 1.90. The molecule has 0 saturated carbocycles. The first kappa shape index (κ1) is 24.7. The van der Waals surface area contributed by atoms with Gasteiger partial charge in [0.1, 0.15) is 11.7 Å². The normalized spacial score (nSPS) is 18.5. The highest BCUT2D eigenvalue weighted by Gasteiger charge is 2.31. The summed E-state index contributed by atoms with van der Waals surface area (Å²) in [5.74, 6) is -0.0261. The molecule has 1 aliphatic rings. The van der Waals surface area contributed by atoms with Crippen molar-refractivity contribution in [3.63, 3.8) is 0 Å². The van der Waals surface area contributed by atoms with Gasteiger partial charge in [-0.15, -0.1) is 24.8 Å². The standard InChI is InChI=1S/C22H25N5O2.2ClH/c1-15(21(28)25-12-16-7-8-20-23-9-10-27(20)14-16)26-22(29)19-11-18(13-24-19)17-5-3-2-4-6-17;;/h2-10,14-15,18-19,24H,11-13H2,1H3,(H,25,28)(H,26,29);2*1H. The van der Waals surface area contributed by atoms with Gasteiger partial charge in [0.15, 0.2) is 0 Å². The van der Waals surface area contributed by atoms with Crippen LogP contribution in [0.3, 0.4) is 0 Å². The van der Waals surface area contributed by atoms with E-state index < -0.39 is 6.04 Å². The van der Waals surface area contributed by atoms with Crippen molar-refractivity contribution >= 4 is 42.3 Å². The van der Waals surface area contributed by atoms with Gasteiger partial charge in [0.25, 0.3) is 0 Å². The third-order valence-corrected chi connectivity index (χ3v) is 5.39. The zero-order chi connectivity index (χ0) is 20.2. The summed E-state index contributed by atoms with van der Waals surface area (Å²) in [5.41, 5.74) is 3.06. The van der Waals surface area contributed by atoms with E-state index in [0.29, 0.717) is 12.5 Å². The Labute approximate surface area is 193 Å². The fourth-order valence-corrected chi connectivity index (χ4v) is 3.71. The van der Waals surface area contributed by atoms with Crippen LogP contribution in [-0.4, -0.2) is 39.8 Å². The Morgan fingerprint density at radius 2 is 1.97 bits per heavy atom. The highest BCUT2D eigenvalue weighted by molar-refractivity contribution is 5.89. The topological polar surface area (TPSA) is 87.5 Å². The molecule has 7 nitrogen and oxygen atoms in total. The molecule has 3 aromatic rings. The summed E-state index contributed by atoms with van der Waals surface area (Å²) in [5, 5.41) is 8.97. The molecule has 0 radical (unpaired) electrons. The van der Waals surface area contributed by atoms with E-state index in [0.717, 1.165) is 24.2 Å². The molecule has 0 bridgehead atoms. The molecule has 166 valence electrons. The Kier molecular flexibility index (Phi) is 8.86. The van der Waals surface area contributed by atoms with E-state index in [2.05, 4.69) is 33.1 Å². The number of carbonyl (C=O) groups excluding carboxylic acids is 2. The molecule has 2 amide bonds. The second-order valence-electron chi connectivity index (χ2n) is 7.48. The van der Waals surface area contributed by atoms with Gasteiger partial charge in [-0.3, -0.25) is 9.59 Å². The summed E-state index contributed by atoms with van der Waals surface area (Å²) >= 11 is 0. The summed E-state index contributed by atoms with van der Waals surface area (Å²) in [6.07, 6.45) is 6.25. The lowest BCUT2D eigenvalue weighted by Crippen LogP contribution is -2.49. The number of halogens is 2. The number of nitrogens with zero attached hydrogens (tertiary/aromatic N) is 2. The van der Waals surface area contributed by atoms with Gasteiger partial charge in [-0.1, -0.05) is 36.4 Å². The Bertz CT molecular complexity index is 1010.